The smallest absolute Gasteiger partial charge is 0.390 e. The molecule has 1 saturated carbocycles. The van der Waals surface area contributed by atoms with Crippen LogP contribution in [0.5, 0.6) is 0 Å². The maximum Gasteiger partial charge on any atom is 0.391 e. The summed E-state index contributed by atoms with van der Waals surface area (Å²) in [4.78, 5) is 3.85. The molecule has 2 unspecified atom stereocenters. The quantitative estimate of drug-likeness (QED) is 0.885. The summed E-state index contributed by atoms with van der Waals surface area (Å²) in [5.74, 6) is -1.38. The van der Waals surface area contributed by atoms with Gasteiger partial charge in [0.2, 0.25) is 0 Å². The summed E-state index contributed by atoms with van der Waals surface area (Å²) < 4.78 is 38.1. The fourth-order valence-electron chi connectivity index (χ4n) is 2.66. The number of rotatable bonds is 2. The van der Waals surface area contributed by atoms with E-state index < -0.39 is 17.7 Å². The molecule has 1 heterocycles. The Balaban J connectivity index is 2.07. The third-order valence-electron chi connectivity index (χ3n) is 3.57. The summed E-state index contributed by atoms with van der Waals surface area (Å²) in [5, 5.41) is 10.3. The zero-order valence-electron chi connectivity index (χ0n) is 9.95. The Morgan fingerprint density at radius 2 is 2.00 bits per heavy atom. The number of halogens is 3. The third-order valence-corrected chi connectivity index (χ3v) is 3.57. The predicted molar refractivity (Wildman–Crippen MR) is 60.9 cm³/mol. The molecule has 0 aliphatic heterocycles. The second-order valence-corrected chi connectivity index (χ2v) is 5.09. The Kier molecular flexibility index (Phi) is 3.61. The largest absolute Gasteiger partial charge is 0.391 e. The fraction of sp³-hybridized carbons (Fsp3) is 0.615. The fourth-order valence-corrected chi connectivity index (χ4v) is 2.66. The van der Waals surface area contributed by atoms with Gasteiger partial charge < -0.3 is 5.11 Å². The van der Waals surface area contributed by atoms with Crippen molar-refractivity contribution in [2.24, 2.45) is 5.92 Å². The monoisotopic (exact) mass is 259 g/mol. The minimum Gasteiger partial charge on any atom is -0.390 e. The van der Waals surface area contributed by atoms with Gasteiger partial charge in [0.1, 0.15) is 0 Å². The van der Waals surface area contributed by atoms with Gasteiger partial charge in [0.15, 0.2) is 0 Å². The molecule has 100 valence electrons. The molecule has 1 aliphatic carbocycles. The highest BCUT2D eigenvalue weighted by Crippen LogP contribution is 2.42. The minimum absolute atomic E-state index is 0.127. The first kappa shape index (κ1) is 13.3. The molecule has 0 spiro atoms. The normalized spacial score (nSPS) is 29.2. The van der Waals surface area contributed by atoms with Crippen LogP contribution in [0.2, 0.25) is 0 Å². The Bertz CT molecular complexity index is 393. The Labute approximate surface area is 104 Å². The lowest BCUT2D eigenvalue weighted by Gasteiger charge is -2.37. The number of hydrogen-bond donors (Lipinski definition) is 1. The third kappa shape index (κ3) is 3.22. The van der Waals surface area contributed by atoms with E-state index in [-0.39, 0.29) is 19.3 Å². The zero-order valence-corrected chi connectivity index (χ0v) is 9.95. The lowest BCUT2D eigenvalue weighted by Crippen LogP contribution is -2.41. The molecule has 2 atom stereocenters. The second kappa shape index (κ2) is 4.88. The number of aliphatic hydroxyl groups is 1. The van der Waals surface area contributed by atoms with Gasteiger partial charge in [0.05, 0.1) is 11.5 Å². The van der Waals surface area contributed by atoms with Crippen molar-refractivity contribution in [1.29, 1.82) is 0 Å². The van der Waals surface area contributed by atoms with Crippen molar-refractivity contribution in [3.8, 4) is 0 Å². The van der Waals surface area contributed by atoms with Gasteiger partial charge in [-0.25, -0.2) is 0 Å². The molecule has 2 rings (SSSR count). The summed E-state index contributed by atoms with van der Waals surface area (Å²) in [6, 6.07) is 3.46. The average molecular weight is 259 g/mol. The van der Waals surface area contributed by atoms with Gasteiger partial charge in [-0.05, 0) is 43.4 Å². The van der Waals surface area contributed by atoms with Crippen molar-refractivity contribution >= 4 is 0 Å². The standard InChI is InChI=1S/C13H16F3NO/c14-13(15,16)11-2-1-5-12(18,9-11)8-10-3-6-17-7-4-10/h3-4,6-7,11,18H,1-2,5,8-9H2. The molecule has 18 heavy (non-hydrogen) atoms. The van der Waals surface area contributed by atoms with E-state index in [9.17, 15) is 18.3 Å². The first-order valence-electron chi connectivity index (χ1n) is 6.07. The highest BCUT2D eigenvalue weighted by Gasteiger charge is 2.46. The van der Waals surface area contributed by atoms with Crippen LogP contribution in [0.1, 0.15) is 31.2 Å². The Hall–Kier alpha value is -1.10. The molecule has 5 heteroatoms. The molecular formula is C13H16F3NO. The van der Waals surface area contributed by atoms with Crippen LogP contribution in [0.25, 0.3) is 0 Å². The van der Waals surface area contributed by atoms with Gasteiger partial charge >= 0.3 is 6.18 Å². The van der Waals surface area contributed by atoms with Gasteiger partial charge in [-0.2, -0.15) is 13.2 Å². The number of aromatic nitrogens is 1. The molecule has 1 aromatic heterocycles. The maximum atomic E-state index is 12.7. The molecule has 0 aromatic carbocycles. The lowest BCUT2D eigenvalue weighted by atomic mass is 9.75. The van der Waals surface area contributed by atoms with Crippen LogP contribution in [0, 0.1) is 5.92 Å². The van der Waals surface area contributed by atoms with Crippen molar-refractivity contribution in [3.63, 3.8) is 0 Å². The van der Waals surface area contributed by atoms with Crippen molar-refractivity contribution < 1.29 is 18.3 Å². The molecule has 0 saturated heterocycles. The van der Waals surface area contributed by atoms with E-state index in [4.69, 9.17) is 0 Å². The number of alkyl halides is 3. The van der Waals surface area contributed by atoms with E-state index in [1.54, 1.807) is 24.5 Å². The van der Waals surface area contributed by atoms with Gasteiger partial charge in [0.25, 0.3) is 0 Å². The SMILES string of the molecule is OC1(Cc2ccncc2)CCCC(C(F)(F)F)C1. The van der Waals surface area contributed by atoms with E-state index in [1.165, 1.54) is 0 Å². The van der Waals surface area contributed by atoms with Gasteiger partial charge in [0, 0.05) is 18.8 Å². The topological polar surface area (TPSA) is 33.1 Å². The van der Waals surface area contributed by atoms with Gasteiger partial charge in [-0.15, -0.1) is 0 Å². The molecule has 2 nitrogen and oxygen atoms in total. The predicted octanol–water partition coefficient (Wildman–Crippen LogP) is 3.11. The highest BCUT2D eigenvalue weighted by atomic mass is 19.4. The molecule has 1 N–H and O–H groups in total. The molecule has 0 bridgehead atoms. The average Bonchev–Trinajstić information content (AvgIpc) is 2.28. The summed E-state index contributed by atoms with van der Waals surface area (Å²) in [6.45, 7) is 0. The summed E-state index contributed by atoms with van der Waals surface area (Å²) in [6.07, 6.45) is 0.0227. The van der Waals surface area contributed by atoms with Crippen LogP contribution in [-0.2, 0) is 6.42 Å². The summed E-state index contributed by atoms with van der Waals surface area (Å²) in [5.41, 5.74) is -0.407. The van der Waals surface area contributed by atoms with Crippen molar-refractivity contribution in [3.05, 3.63) is 30.1 Å². The van der Waals surface area contributed by atoms with Gasteiger partial charge in [-0.1, -0.05) is 0 Å². The lowest BCUT2D eigenvalue weighted by molar-refractivity contribution is -0.200. The van der Waals surface area contributed by atoms with Crippen LogP contribution < -0.4 is 0 Å². The zero-order chi connectivity index (χ0) is 13.2. The summed E-state index contributed by atoms with van der Waals surface area (Å²) >= 11 is 0. The van der Waals surface area contributed by atoms with E-state index >= 15 is 0 Å². The highest BCUT2D eigenvalue weighted by molar-refractivity contribution is 5.13. The molecule has 0 amide bonds. The second-order valence-electron chi connectivity index (χ2n) is 5.09. The molecule has 0 radical (unpaired) electrons. The number of hydrogen-bond acceptors (Lipinski definition) is 2. The Morgan fingerprint density at radius 1 is 1.33 bits per heavy atom. The Morgan fingerprint density at radius 3 is 2.61 bits per heavy atom. The number of pyridine rings is 1. The molecule has 1 fully saturated rings. The van der Waals surface area contributed by atoms with Crippen molar-refractivity contribution in [2.75, 3.05) is 0 Å². The number of nitrogens with zero attached hydrogens (tertiary/aromatic N) is 1. The van der Waals surface area contributed by atoms with E-state index in [2.05, 4.69) is 4.98 Å². The van der Waals surface area contributed by atoms with Crippen LogP contribution >= 0.6 is 0 Å². The molecular weight excluding hydrogens is 243 g/mol. The van der Waals surface area contributed by atoms with Gasteiger partial charge in [-0.3, -0.25) is 4.98 Å². The first-order chi connectivity index (χ1) is 8.39. The van der Waals surface area contributed by atoms with Crippen LogP contribution in [0.3, 0.4) is 0 Å². The summed E-state index contributed by atoms with van der Waals surface area (Å²) in [7, 11) is 0. The van der Waals surface area contributed by atoms with Crippen LogP contribution in [0.15, 0.2) is 24.5 Å². The molecule has 1 aromatic rings. The van der Waals surface area contributed by atoms with Crippen molar-refractivity contribution in [2.45, 2.75) is 43.9 Å². The first-order valence-corrected chi connectivity index (χ1v) is 6.07. The van der Waals surface area contributed by atoms with Crippen LogP contribution in [0.4, 0.5) is 13.2 Å². The minimum atomic E-state index is -4.20. The van der Waals surface area contributed by atoms with E-state index in [0.29, 0.717) is 12.8 Å². The van der Waals surface area contributed by atoms with Crippen LogP contribution in [-0.4, -0.2) is 21.9 Å². The van der Waals surface area contributed by atoms with Crippen molar-refractivity contribution in [1.82, 2.24) is 4.98 Å². The molecule has 1 aliphatic rings. The maximum absolute atomic E-state index is 12.7. The van der Waals surface area contributed by atoms with E-state index in [1.807, 2.05) is 0 Å². The van der Waals surface area contributed by atoms with E-state index in [0.717, 1.165) is 5.56 Å².